The van der Waals surface area contributed by atoms with Crippen LogP contribution in [0.1, 0.15) is 101 Å². The first-order valence-electron chi connectivity index (χ1n) is 13.4. The van der Waals surface area contributed by atoms with Crippen molar-refractivity contribution in [1.82, 2.24) is 4.67 Å². The maximum absolute atomic E-state index is 6.66. The minimum absolute atomic E-state index is 0.164. The van der Waals surface area contributed by atoms with Crippen LogP contribution < -0.4 is 0 Å². The van der Waals surface area contributed by atoms with E-state index in [1.165, 1.54) is 81.8 Å². The predicted octanol–water partition coefficient (Wildman–Crippen LogP) is 8.81. The lowest BCUT2D eigenvalue weighted by Gasteiger charge is -2.43. The molecule has 4 rings (SSSR count). The van der Waals surface area contributed by atoms with Crippen molar-refractivity contribution in [1.29, 1.82) is 0 Å². The lowest BCUT2D eigenvalue weighted by atomic mass is 9.92. The molecule has 4 heteroatoms. The summed E-state index contributed by atoms with van der Waals surface area (Å²) < 4.78 is 16.0. The molecule has 1 aliphatic heterocycles. The van der Waals surface area contributed by atoms with E-state index in [-0.39, 0.29) is 6.04 Å². The summed E-state index contributed by atoms with van der Waals surface area (Å²) in [6.07, 6.45) is 16.7. The maximum Gasteiger partial charge on any atom is 0.259 e. The summed E-state index contributed by atoms with van der Waals surface area (Å²) in [5, 5.41) is 0. The fourth-order valence-electron chi connectivity index (χ4n) is 5.27. The van der Waals surface area contributed by atoms with Gasteiger partial charge in [-0.25, -0.2) is 4.67 Å². The molecule has 3 nitrogen and oxygen atoms in total. The minimum Gasteiger partial charge on any atom is -0.322 e. The van der Waals surface area contributed by atoms with Crippen molar-refractivity contribution in [2.75, 3.05) is 13.2 Å². The van der Waals surface area contributed by atoms with Crippen LogP contribution in [-0.2, 0) is 9.05 Å². The van der Waals surface area contributed by atoms with Crippen molar-refractivity contribution in [2.24, 2.45) is 0 Å². The molecular formula is C29H42NO2P. The van der Waals surface area contributed by atoms with Gasteiger partial charge in [-0.2, -0.15) is 0 Å². The first kappa shape index (κ1) is 24.9. The molecule has 0 N–H and O–H groups in total. The van der Waals surface area contributed by atoms with Crippen molar-refractivity contribution in [3.8, 4) is 0 Å². The molecule has 2 fully saturated rings. The molecule has 0 spiro atoms. The van der Waals surface area contributed by atoms with E-state index in [1.807, 2.05) is 0 Å². The van der Waals surface area contributed by atoms with Crippen molar-refractivity contribution in [2.45, 2.75) is 95.6 Å². The quantitative estimate of drug-likeness (QED) is 0.410. The Bertz CT molecular complexity index is 712. The maximum atomic E-state index is 6.66. The summed E-state index contributed by atoms with van der Waals surface area (Å²) in [5.41, 5.74) is 2.68. The van der Waals surface area contributed by atoms with Gasteiger partial charge in [0.15, 0.2) is 0 Å². The SMILES string of the molecule is c1ccc(C(c2ccccc2)N(C2CCCCC2)P2OCCCCCCCCCCO2)cc1. The van der Waals surface area contributed by atoms with Crippen LogP contribution >= 0.6 is 8.53 Å². The van der Waals surface area contributed by atoms with Gasteiger partial charge in [-0.05, 0) is 36.8 Å². The Kier molecular flexibility index (Phi) is 10.7. The summed E-state index contributed by atoms with van der Waals surface area (Å²) in [5.74, 6) is 0. The molecule has 1 heterocycles. The Hall–Kier alpha value is -1.25. The molecule has 2 aromatic rings. The molecule has 0 atom stereocenters. The van der Waals surface area contributed by atoms with Crippen LogP contribution in [0.3, 0.4) is 0 Å². The standard InChI is InChI=1S/C29H42NO2P/c1-2-4-6-17-25-32-33(31-24-16-5-3-1)30(28-22-14-9-15-23-28)29(26-18-10-7-11-19-26)27-20-12-8-13-21-27/h7-8,10-13,18-21,28-29H,1-6,9,14-17,22-25H2. The van der Waals surface area contributed by atoms with E-state index < -0.39 is 8.53 Å². The molecule has 180 valence electrons. The number of nitrogens with zero attached hydrogens (tertiary/aromatic N) is 1. The predicted molar refractivity (Wildman–Crippen MR) is 139 cm³/mol. The molecule has 1 saturated heterocycles. The van der Waals surface area contributed by atoms with Crippen LogP contribution in [0.5, 0.6) is 0 Å². The summed E-state index contributed by atoms with van der Waals surface area (Å²) in [4.78, 5) is 0. The van der Waals surface area contributed by atoms with Crippen molar-refractivity contribution < 1.29 is 9.05 Å². The molecule has 33 heavy (non-hydrogen) atoms. The second-order valence-corrected chi connectivity index (χ2v) is 11.1. The fourth-order valence-corrected chi connectivity index (χ4v) is 7.14. The topological polar surface area (TPSA) is 21.7 Å². The molecule has 0 bridgehead atoms. The van der Waals surface area contributed by atoms with Gasteiger partial charge in [0.2, 0.25) is 0 Å². The molecule has 0 unspecified atom stereocenters. The van der Waals surface area contributed by atoms with Crippen molar-refractivity contribution >= 4 is 8.53 Å². The lowest BCUT2D eigenvalue weighted by molar-refractivity contribution is 0.144. The Morgan fingerprint density at radius 3 is 1.48 bits per heavy atom. The van der Waals surface area contributed by atoms with Gasteiger partial charge in [0.25, 0.3) is 8.53 Å². The van der Waals surface area contributed by atoms with Gasteiger partial charge in [0.1, 0.15) is 0 Å². The van der Waals surface area contributed by atoms with Crippen LogP contribution in [0.15, 0.2) is 60.7 Å². The van der Waals surface area contributed by atoms with Crippen LogP contribution in [-0.4, -0.2) is 23.9 Å². The van der Waals surface area contributed by atoms with Crippen molar-refractivity contribution in [3.05, 3.63) is 71.8 Å². The van der Waals surface area contributed by atoms with Gasteiger partial charge in [0.05, 0.1) is 19.3 Å². The Labute approximate surface area is 202 Å². The normalized spacial score (nSPS) is 20.8. The van der Waals surface area contributed by atoms with Crippen LogP contribution in [0, 0.1) is 0 Å². The van der Waals surface area contributed by atoms with Gasteiger partial charge in [-0.3, -0.25) is 0 Å². The molecule has 0 amide bonds. The van der Waals surface area contributed by atoms with Crippen LogP contribution in [0.25, 0.3) is 0 Å². The van der Waals surface area contributed by atoms with Gasteiger partial charge in [-0.1, -0.05) is 118 Å². The van der Waals surface area contributed by atoms with E-state index in [1.54, 1.807) is 0 Å². The zero-order valence-corrected chi connectivity index (χ0v) is 21.1. The number of hydrogen-bond acceptors (Lipinski definition) is 3. The summed E-state index contributed by atoms with van der Waals surface area (Å²) >= 11 is 0. The molecule has 1 saturated carbocycles. The molecule has 0 aromatic heterocycles. The number of rotatable bonds is 5. The molecule has 0 radical (unpaired) electrons. The zero-order chi connectivity index (χ0) is 22.6. The highest BCUT2D eigenvalue weighted by Crippen LogP contribution is 2.53. The lowest BCUT2D eigenvalue weighted by Crippen LogP contribution is -2.37. The van der Waals surface area contributed by atoms with E-state index in [0.717, 1.165) is 26.1 Å². The molecule has 1 aliphatic carbocycles. The number of benzene rings is 2. The average molecular weight is 468 g/mol. The average Bonchev–Trinajstić information content (AvgIpc) is 2.91. The van der Waals surface area contributed by atoms with Crippen LogP contribution in [0.2, 0.25) is 0 Å². The van der Waals surface area contributed by atoms with Gasteiger partial charge >= 0.3 is 0 Å². The third kappa shape index (κ3) is 7.62. The fraction of sp³-hybridized carbons (Fsp3) is 0.586. The highest BCUT2D eigenvalue weighted by Gasteiger charge is 2.37. The van der Waals surface area contributed by atoms with Gasteiger partial charge < -0.3 is 9.05 Å². The molecule has 2 aromatic carbocycles. The Morgan fingerprint density at radius 2 is 1.00 bits per heavy atom. The van der Waals surface area contributed by atoms with E-state index in [4.69, 9.17) is 9.05 Å². The summed E-state index contributed by atoms with van der Waals surface area (Å²) in [6.45, 7) is 1.62. The second kappa shape index (κ2) is 14.2. The highest BCUT2D eigenvalue weighted by atomic mass is 31.2. The van der Waals surface area contributed by atoms with Gasteiger partial charge in [-0.15, -0.1) is 0 Å². The highest BCUT2D eigenvalue weighted by molar-refractivity contribution is 7.44. The molecule has 2 aliphatic rings. The molecular weight excluding hydrogens is 425 g/mol. The first-order chi connectivity index (χ1) is 16.4. The van der Waals surface area contributed by atoms with Crippen molar-refractivity contribution in [3.63, 3.8) is 0 Å². The minimum atomic E-state index is -1.11. The first-order valence-corrected chi connectivity index (χ1v) is 14.5. The van der Waals surface area contributed by atoms with E-state index in [9.17, 15) is 0 Å². The third-order valence-electron chi connectivity index (χ3n) is 7.07. The largest absolute Gasteiger partial charge is 0.322 e. The van der Waals surface area contributed by atoms with E-state index in [0.29, 0.717) is 6.04 Å². The van der Waals surface area contributed by atoms with E-state index >= 15 is 0 Å². The van der Waals surface area contributed by atoms with E-state index in [2.05, 4.69) is 65.3 Å². The smallest absolute Gasteiger partial charge is 0.259 e. The van der Waals surface area contributed by atoms with Crippen LogP contribution in [0.4, 0.5) is 0 Å². The summed E-state index contributed by atoms with van der Waals surface area (Å²) in [7, 11) is -1.11. The monoisotopic (exact) mass is 467 g/mol. The Balaban J connectivity index is 1.66. The third-order valence-corrected chi connectivity index (χ3v) is 8.82. The number of hydrogen-bond donors (Lipinski definition) is 0. The zero-order valence-electron chi connectivity index (χ0n) is 20.2. The summed E-state index contributed by atoms with van der Waals surface area (Å²) in [6, 6.07) is 22.7. The van der Waals surface area contributed by atoms with Gasteiger partial charge in [0, 0.05) is 6.04 Å². The Morgan fingerprint density at radius 1 is 0.576 bits per heavy atom. The second-order valence-electron chi connectivity index (χ2n) is 9.63.